The summed E-state index contributed by atoms with van der Waals surface area (Å²) in [6, 6.07) is 25.8. The Labute approximate surface area is 253 Å². The minimum Gasteiger partial charge on any atom is -0.487 e. The van der Waals surface area contributed by atoms with E-state index in [9.17, 15) is 13.2 Å². The highest BCUT2D eigenvalue weighted by molar-refractivity contribution is 7.90. The highest BCUT2D eigenvalue weighted by Crippen LogP contribution is 2.36. The first-order valence-corrected chi connectivity index (χ1v) is 16.0. The summed E-state index contributed by atoms with van der Waals surface area (Å²) in [7, 11) is -1.65. The monoisotopic (exact) mass is 599 g/mol. The number of likely N-dealkylation sites (N-methyl/N-ethyl adjacent to an activating group) is 1. The van der Waals surface area contributed by atoms with Crippen molar-refractivity contribution >= 4 is 15.9 Å². The standard InChI is InChI=1S/C33H37N5O4S/c1-24-10-15-32(42-23-27-7-6-16-38(27)43(40,41)28-8-4-3-5-9-28)29(21-24)31-22-30(34-35-31)25-11-13-26(14-12-25)33(39)37-19-17-36(2)18-20-37/h3-16,21,30-31,34-35H,17-20,22-23H2,1-2H3. The fourth-order valence-corrected chi connectivity index (χ4v) is 7.09. The van der Waals surface area contributed by atoms with E-state index in [0.29, 0.717) is 17.0 Å². The zero-order valence-corrected chi connectivity index (χ0v) is 25.3. The lowest BCUT2D eigenvalue weighted by Gasteiger charge is -2.32. The summed E-state index contributed by atoms with van der Waals surface area (Å²) in [5.74, 6) is 0.780. The first-order valence-electron chi connectivity index (χ1n) is 14.6. The molecular formula is C33H37N5O4S. The number of ether oxygens (including phenoxy) is 1. The number of carbonyl (C=O) groups is 1. The molecule has 1 aromatic heterocycles. The molecule has 0 saturated carbocycles. The number of nitrogens with zero attached hydrogens (tertiary/aromatic N) is 3. The lowest BCUT2D eigenvalue weighted by atomic mass is 9.95. The van der Waals surface area contributed by atoms with Crippen LogP contribution in [0.3, 0.4) is 0 Å². The molecule has 2 atom stereocenters. The van der Waals surface area contributed by atoms with Crippen LogP contribution in [0.4, 0.5) is 0 Å². The first-order chi connectivity index (χ1) is 20.8. The lowest BCUT2D eigenvalue weighted by Crippen LogP contribution is -2.47. The highest BCUT2D eigenvalue weighted by Gasteiger charge is 2.29. The molecule has 3 heterocycles. The van der Waals surface area contributed by atoms with Gasteiger partial charge in [0.05, 0.1) is 16.6 Å². The van der Waals surface area contributed by atoms with E-state index in [2.05, 4.69) is 28.9 Å². The van der Waals surface area contributed by atoms with E-state index in [4.69, 9.17) is 4.74 Å². The summed E-state index contributed by atoms with van der Waals surface area (Å²) in [4.78, 5) is 17.4. The van der Waals surface area contributed by atoms with Gasteiger partial charge >= 0.3 is 0 Å². The van der Waals surface area contributed by atoms with Crippen molar-refractivity contribution in [3.8, 4) is 5.75 Å². The number of aryl methyl sites for hydroxylation is 1. The van der Waals surface area contributed by atoms with Crippen LogP contribution in [0.5, 0.6) is 5.75 Å². The topological polar surface area (TPSA) is 95.9 Å². The molecule has 2 N–H and O–H groups in total. The quantitative estimate of drug-likeness (QED) is 0.312. The molecule has 1 amide bonds. The fourth-order valence-electron chi connectivity index (χ4n) is 5.71. The first kappa shape index (κ1) is 29.1. The third kappa shape index (κ3) is 6.23. The summed E-state index contributed by atoms with van der Waals surface area (Å²) in [6.45, 7) is 5.44. The van der Waals surface area contributed by atoms with Crippen LogP contribution < -0.4 is 15.6 Å². The molecule has 6 rings (SSSR count). The van der Waals surface area contributed by atoms with Crippen LogP contribution in [0, 0.1) is 6.92 Å². The number of benzene rings is 3. The van der Waals surface area contributed by atoms with Gasteiger partial charge in [-0.15, -0.1) is 0 Å². The van der Waals surface area contributed by atoms with E-state index in [1.807, 2.05) is 48.2 Å². The Hall–Kier alpha value is -3.96. The van der Waals surface area contributed by atoms with Gasteiger partial charge in [-0.2, -0.15) is 0 Å². The van der Waals surface area contributed by atoms with Crippen molar-refractivity contribution in [3.05, 3.63) is 119 Å². The summed E-state index contributed by atoms with van der Waals surface area (Å²) < 4.78 is 34.0. The number of hydrogen-bond acceptors (Lipinski definition) is 7. The molecule has 2 aliphatic heterocycles. The van der Waals surface area contributed by atoms with Crippen molar-refractivity contribution in [1.29, 1.82) is 0 Å². The lowest BCUT2D eigenvalue weighted by molar-refractivity contribution is 0.0664. The van der Waals surface area contributed by atoms with Crippen LogP contribution >= 0.6 is 0 Å². The average Bonchev–Trinajstić information content (AvgIpc) is 3.72. The maximum Gasteiger partial charge on any atom is 0.267 e. The summed E-state index contributed by atoms with van der Waals surface area (Å²) in [6.07, 6.45) is 2.33. The second-order valence-electron chi connectivity index (χ2n) is 11.3. The van der Waals surface area contributed by atoms with E-state index >= 15 is 0 Å². The Kier molecular flexibility index (Phi) is 8.36. The van der Waals surface area contributed by atoms with Crippen molar-refractivity contribution < 1.29 is 17.9 Å². The Bertz CT molecular complexity index is 1680. The fraction of sp³-hybridized carbons (Fsp3) is 0.303. The van der Waals surface area contributed by atoms with E-state index in [1.165, 1.54) is 3.97 Å². The Morgan fingerprint density at radius 3 is 2.35 bits per heavy atom. The van der Waals surface area contributed by atoms with Crippen LogP contribution in [-0.2, 0) is 16.6 Å². The third-order valence-electron chi connectivity index (χ3n) is 8.26. The molecule has 0 radical (unpaired) electrons. The van der Waals surface area contributed by atoms with Crippen LogP contribution in [0.2, 0.25) is 0 Å². The van der Waals surface area contributed by atoms with Gasteiger partial charge in [-0.1, -0.05) is 48.0 Å². The number of rotatable bonds is 8. The Morgan fingerprint density at radius 1 is 0.884 bits per heavy atom. The van der Waals surface area contributed by atoms with Gasteiger partial charge in [0.1, 0.15) is 12.4 Å². The van der Waals surface area contributed by atoms with Gasteiger partial charge in [0.2, 0.25) is 0 Å². The molecule has 9 nitrogen and oxygen atoms in total. The molecule has 2 aliphatic rings. The predicted molar refractivity (Wildman–Crippen MR) is 165 cm³/mol. The largest absolute Gasteiger partial charge is 0.487 e. The predicted octanol–water partition coefficient (Wildman–Crippen LogP) is 4.28. The molecule has 2 fully saturated rings. The number of aromatic nitrogens is 1. The van der Waals surface area contributed by atoms with Gasteiger partial charge in [-0.05, 0) is 68.4 Å². The summed E-state index contributed by atoms with van der Waals surface area (Å²) in [5, 5.41) is 0. The van der Waals surface area contributed by atoms with Gasteiger partial charge in [-0.3, -0.25) is 4.79 Å². The van der Waals surface area contributed by atoms with Crippen LogP contribution in [0.15, 0.2) is 96.0 Å². The Morgan fingerprint density at radius 2 is 1.60 bits per heavy atom. The van der Waals surface area contributed by atoms with Gasteiger partial charge in [0.25, 0.3) is 15.9 Å². The molecule has 2 unspecified atom stereocenters. The van der Waals surface area contributed by atoms with Gasteiger partial charge in [0.15, 0.2) is 0 Å². The number of carbonyl (C=O) groups excluding carboxylic acids is 1. The normalized spacial score (nSPS) is 19.4. The minimum absolute atomic E-state index is 0.0219. The molecule has 10 heteroatoms. The molecule has 0 aliphatic carbocycles. The Balaban J connectivity index is 1.14. The van der Waals surface area contributed by atoms with Crippen molar-refractivity contribution in [2.24, 2.45) is 0 Å². The second-order valence-corrected chi connectivity index (χ2v) is 13.1. The zero-order chi connectivity index (χ0) is 30.0. The molecule has 0 bridgehead atoms. The van der Waals surface area contributed by atoms with E-state index < -0.39 is 10.0 Å². The molecule has 2 saturated heterocycles. The molecule has 3 aromatic carbocycles. The summed E-state index contributed by atoms with van der Waals surface area (Å²) in [5.41, 5.74) is 11.3. The van der Waals surface area contributed by atoms with Crippen molar-refractivity contribution in [3.63, 3.8) is 0 Å². The molecule has 4 aromatic rings. The highest BCUT2D eigenvalue weighted by atomic mass is 32.2. The SMILES string of the molecule is Cc1ccc(OCc2cccn2S(=O)(=O)c2ccccc2)c(C2CC(c3ccc(C(=O)N4CCN(C)CC4)cc3)NN2)c1. The number of hydrazine groups is 1. The average molecular weight is 600 g/mol. The maximum absolute atomic E-state index is 13.2. The summed E-state index contributed by atoms with van der Waals surface area (Å²) >= 11 is 0. The van der Waals surface area contributed by atoms with E-state index in [-0.39, 0.29) is 29.5 Å². The number of hydrogen-bond donors (Lipinski definition) is 2. The zero-order valence-electron chi connectivity index (χ0n) is 24.4. The van der Waals surface area contributed by atoms with Gasteiger partial charge in [-0.25, -0.2) is 23.2 Å². The number of piperazine rings is 1. The minimum atomic E-state index is -3.73. The molecule has 0 spiro atoms. The number of nitrogens with one attached hydrogen (secondary N) is 2. The van der Waals surface area contributed by atoms with Crippen molar-refractivity contribution in [1.82, 2.24) is 24.6 Å². The third-order valence-corrected chi connectivity index (χ3v) is 10.0. The maximum atomic E-state index is 13.2. The van der Waals surface area contributed by atoms with Crippen LogP contribution in [0.25, 0.3) is 0 Å². The van der Waals surface area contributed by atoms with E-state index in [1.54, 1.807) is 48.7 Å². The van der Waals surface area contributed by atoms with Gasteiger partial charge < -0.3 is 14.5 Å². The van der Waals surface area contributed by atoms with Crippen LogP contribution in [0.1, 0.15) is 51.2 Å². The molecule has 224 valence electrons. The second kappa shape index (κ2) is 12.3. The van der Waals surface area contributed by atoms with Crippen LogP contribution in [-0.4, -0.2) is 61.3 Å². The van der Waals surface area contributed by atoms with Crippen molar-refractivity contribution in [2.75, 3.05) is 33.2 Å². The van der Waals surface area contributed by atoms with E-state index in [0.717, 1.165) is 49.3 Å². The number of amides is 1. The molecular weight excluding hydrogens is 562 g/mol. The molecule has 43 heavy (non-hydrogen) atoms. The van der Waals surface area contributed by atoms with Crippen molar-refractivity contribution in [2.45, 2.75) is 36.9 Å². The van der Waals surface area contributed by atoms with Gasteiger partial charge in [0, 0.05) is 49.5 Å². The smallest absolute Gasteiger partial charge is 0.267 e.